The van der Waals surface area contributed by atoms with Gasteiger partial charge in [0.2, 0.25) is 11.2 Å². The summed E-state index contributed by atoms with van der Waals surface area (Å²) in [5.74, 6) is -2.70. The molecule has 8 heteroatoms. The Hall–Kier alpha value is -3.94. The van der Waals surface area contributed by atoms with Gasteiger partial charge in [-0.2, -0.15) is 0 Å². The van der Waals surface area contributed by atoms with E-state index in [1.54, 1.807) is 24.3 Å². The van der Waals surface area contributed by atoms with E-state index >= 15 is 0 Å². The molecule has 3 aromatic rings. The monoisotopic (exact) mass is 648 g/mol. The minimum absolute atomic E-state index is 0.0444. The fourth-order valence-corrected chi connectivity index (χ4v) is 5.65. The highest BCUT2D eigenvalue weighted by molar-refractivity contribution is 5.92. The highest BCUT2D eigenvalue weighted by Gasteiger charge is 2.29. The number of fused-ring (bicyclic) bond motifs is 1. The van der Waals surface area contributed by atoms with Crippen LogP contribution in [-0.4, -0.2) is 17.9 Å². The molecule has 3 atom stereocenters. The lowest BCUT2D eigenvalue weighted by atomic mass is 9.99. The Labute approximate surface area is 279 Å². The van der Waals surface area contributed by atoms with E-state index in [2.05, 4.69) is 20.8 Å². The van der Waals surface area contributed by atoms with Crippen molar-refractivity contribution in [1.29, 1.82) is 0 Å². The first kappa shape index (κ1) is 37.5. The van der Waals surface area contributed by atoms with Crippen LogP contribution in [0.5, 0.6) is 17.2 Å². The van der Waals surface area contributed by atoms with Gasteiger partial charge in [-0.25, -0.2) is 0 Å². The van der Waals surface area contributed by atoms with Crippen molar-refractivity contribution in [2.24, 2.45) is 17.8 Å². The smallest absolute Gasteiger partial charge is 0.314 e. The number of carbonyl (C=O) groups excluding carboxylic acids is 3. The highest BCUT2D eigenvalue weighted by Crippen LogP contribution is 2.38. The largest absolute Gasteiger partial charge is 0.452 e. The number of rotatable bonds is 19. The Bertz CT molecular complexity index is 1520. The lowest BCUT2D eigenvalue weighted by Crippen LogP contribution is -2.24. The molecule has 0 amide bonds. The van der Waals surface area contributed by atoms with Gasteiger partial charge in [-0.05, 0) is 38.5 Å². The average molecular weight is 649 g/mol. The number of carbonyl (C=O) groups is 3. The zero-order valence-corrected chi connectivity index (χ0v) is 29.0. The van der Waals surface area contributed by atoms with Crippen LogP contribution >= 0.6 is 0 Å². The standard InChI is InChI=1S/C39H52O8/c1-7-13-19-26(10-4)37(41)44-30-24-31-33(32(25-30)46-38(42)27(11-5)20-14-8-2)34(40)36(35(45-31)29-22-17-16-18-23-29)47-39(43)28(12-6)21-15-9-3/h16-18,22-28H,7-15,19-21H2,1-6H3. The Morgan fingerprint density at radius 2 is 1.15 bits per heavy atom. The molecule has 0 saturated carbocycles. The molecule has 0 bridgehead atoms. The third-order valence-electron chi connectivity index (χ3n) is 8.76. The second-order valence-corrected chi connectivity index (χ2v) is 12.3. The summed E-state index contributed by atoms with van der Waals surface area (Å²) in [6, 6.07) is 11.7. The molecule has 0 aliphatic rings. The molecule has 8 nitrogen and oxygen atoms in total. The molecule has 0 spiro atoms. The van der Waals surface area contributed by atoms with Crippen LogP contribution in [0.4, 0.5) is 0 Å². The topological polar surface area (TPSA) is 109 Å². The molecule has 256 valence electrons. The first-order chi connectivity index (χ1) is 22.7. The van der Waals surface area contributed by atoms with Crippen molar-refractivity contribution in [1.82, 2.24) is 0 Å². The van der Waals surface area contributed by atoms with Crippen molar-refractivity contribution in [2.45, 2.75) is 119 Å². The van der Waals surface area contributed by atoms with Gasteiger partial charge in [0.15, 0.2) is 5.76 Å². The fraction of sp³-hybridized carbons (Fsp3) is 0.538. The lowest BCUT2D eigenvalue weighted by Gasteiger charge is -2.18. The predicted octanol–water partition coefficient (Wildman–Crippen LogP) is 9.83. The third kappa shape index (κ3) is 10.0. The van der Waals surface area contributed by atoms with Crippen LogP contribution in [0, 0.1) is 17.8 Å². The van der Waals surface area contributed by atoms with E-state index in [9.17, 15) is 19.2 Å². The van der Waals surface area contributed by atoms with Crippen molar-refractivity contribution in [3.63, 3.8) is 0 Å². The van der Waals surface area contributed by atoms with Crippen LogP contribution in [0.3, 0.4) is 0 Å². The summed E-state index contributed by atoms with van der Waals surface area (Å²) in [6.45, 7) is 11.9. The first-order valence-electron chi connectivity index (χ1n) is 17.6. The summed E-state index contributed by atoms with van der Waals surface area (Å²) in [4.78, 5) is 54.4. The number of unbranched alkanes of at least 4 members (excludes halogenated alkanes) is 3. The molecule has 2 aromatic carbocycles. The lowest BCUT2D eigenvalue weighted by molar-refractivity contribution is -0.140. The molecular weight excluding hydrogens is 596 g/mol. The van der Waals surface area contributed by atoms with Crippen molar-refractivity contribution in [2.75, 3.05) is 0 Å². The van der Waals surface area contributed by atoms with E-state index in [-0.39, 0.29) is 45.8 Å². The summed E-state index contributed by atoms with van der Waals surface area (Å²) in [7, 11) is 0. The van der Waals surface area contributed by atoms with E-state index in [1.165, 1.54) is 12.1 Å². The van der Waals surface area contributed by atoms with Gasteiger partial charge in [0, 0.05) is 17.7 Å². The molecule has 0 N–H and O–H groups in total. The van der Waals surface area contributed by atoms with Gasteiger partial charge in [-0.15, -0.1) is 0 Å². The molecule has 47 heavy (non-hydrogen) atoms. The summed E-state index contributed by atoms with van der Waals surface area (Å²) < 4.78 is 24.0. The van der Waals surface area contributed by atoms with E-state index in [4.69, 9.17) is 18.6 Å². The van der Waals surface area contributed by atoms with Gasteiger partial charge in [-0.3, -0.25) is 19.2 Å². The van der Waals surface area contributed by atoms with Crippen molar-refractivity contribution < 1.29 is 33.0 Å². The maximum absolute atomic E-state index is 14.4. The van der Waals surface area contributed by atoms with Crippen LogP contribution in [0.15, 0.2) is 51.7 Å². The summed E-state index contributed by atoms with van der Waals surface area (Å²) in [5, 5.41) is -0.0643. The van der Waals surface area contributed by atoms with Gasteiger partial charge in [0.1, 0.15) is 22.5 Å². The minimum Gasteiger partial charge on any atom is -0.452 e. The Morgan fingerprint density at radius 1 is 0.660 bits per heavy atom. The van der Waals surface area contributed by atoms with E-state index in [0.29, 0.717) is 44.1 Å². The molecule has 0 fully saturated rings. The third-order valence-corrected chi connectivity index (χ3v) is 8.76. The van der Waals surface area contributed by atoms with Crippen molar-refractivity contribution in [3.05, 3.63) is 52.7 Å². The second kappa shape index (κ2) is 19.0. The molecule has 0 aliphatic carbocycles. The van der Waals surface area contributed by atoms with Crippen molar-refractivity contribution >= 4 is 28.9 Å². The molecular formula is C39H52O8. The summed E-state index contributed by atoms with van der Waals surface area (Å²) in [6.07, 6.45) is 9.08. The zero-order chi connectivity index (χ0) is 34.3. The number of hydrogen-bond donors (Lipinski definition) is 0. The molecule has 0 saturated heterocycles. The fourth-order valence-electron chi connectivity index (χ4n) is 5.65. The zero-order valence-electron chi connectivity index (χ0n) is 29.0. The van der Waals surface area contributed by atoms with Gasteiger partial charge in [0.05, 0.1) is 17.8 Å². The summed E-state index contributed by atoms with van der Waals surface area (Å²) in [5.41, 5.74) is -0.0866. The minimum atomic E-state index is -0.652. The van der Waals surface area contributed by atoms with Crippen LogP contribution in [-0.2, 0) is 14.4 Å². The Morgan fingerprint density at radius 3 is 1.64 bits per heavy atom. The van der Waals surface area contributed by atoms with Gasteiger partial charge >= 0.3 is 17.9 Å². The number of esters is 3. The van der Waals surface area contributed by atoms with E-state index in [1.807, 2.05) is 26.8 Å². The maximum atomic E-state index is 14.4. The number of ether oxygens (including phenoxy) is 3. The highest BCUT2D eigenvalue weighted by atomic mass is 16.6. The van der Waals surface area contributed by atoms with E-state index in [0.717, 1.165) is 38.5 Å². The quantitative estimate of drug-likeness (QED) is 0.0933. The number of hydrogen-bond acceptors (Lipinski definition) is 8. The normalized spacial score (nSPS) is 13.1. The SMILES string of the molecule is CCCCC(CC)C(=O)Oc1cc(OC(=O)C(CC)CCCC)c2c(=O)c(OC(=O)C(CC)CCCC)c(-c3ccccc3)oc2c1. The van der Waals surface area contributed by atoms with Crippen LogP contribution in [0.1, 0.15) is 119 Å². The molecule has 1 aromatic heterocycles. The van der Waals surface area contributed by atoms with Crippen LogP contribution in [0.2, 0.25) is 0 Å². The first-order valence-corrected chi connectivity index (χ1v) is 17.6. The van der Waals surface area contributed by atoms with Gasteiger partial charge in [-0.1, -0.05) is 110 Å². The van der Waals surface area contributed by atoms with Crippen LogP contribution < -0.4 is 19.6 Å². The molecule has 0 radical (unpaired) electrons. The maximum Gasteiger partial charge on any atom is 0.314 e. The van der Waals surface area contributed by atoms with Gasteiger partial charge < -0.3 is 18.6 Å². The van der Waals surface area contributed by atoms with Crippen molar-refractivity contribution in [3.8, 4) is 28.6 Å². The van der Waals surface area contributed by atoms with E-state index < -0.39 is 29.3 Å². The molecule has 0 aliphatic heterocycles. The number of benzene rings is 2. The molecule has 1 heterocycles. The Kier molecular flexibility index (Phi) is 15.2. The predicted molar refractivity (Wildman–Crippen MR) is 185 cm³/mol. The summed E-state index contributed by atoms with van der Waals surface area (Å²) >= 11 is 0. The Balaban J connectivity index is 2.24. The average Bonchev–Trinajstić information content (AvgIpc) is 3.07. The molecule has 3 unspecified atom stereocenters. The van der Waals surface area contributed by atoms with Gasteiger partial charge in [0.25, 0.3) is 0 Å². The second-order valence-electron chi connectivity index (χ2n) is 12.3. The van der Waals surface area contributed by atoms with Crippen LogP contribution in [0.25, 0.3) is 22.3 Å². The molecule has 3 rings (SSSR count).